The van der Waals surface area contributed by atoms with E-state index in [2.05, 4.69) is 36.4 Å². The second kappa shape index (κ2) is 3.68. The number of thiophene rings is 1. The molecule has 72 valence electrons. The van der Waals surface area contributed by atoms with Crippen LogP contribution in [-0.2, 0) is 0 Å². The molecule has 1 atom stereocenters. The van der Waals surface area contributed by atoms with E-state index >= 15 is 0 Å². The van der Waals surface area contributed by atoms with E-state index in [0.717, 1.165) is 0 Å². The molecule has 3 heteroatoms. The van der Waals surface area contributed by atoms with Gasteiger partial charge in [0.2, 0.25) is 0 Å². The highest BCUT2D eigenvalue weighted by atomic mass is 32.1. The Morgan fingerprint density at radius 3 is 2.85 bits per heavy atom. The molecule has 1 aromatic rings. The lowest BCUT2D eigenvalue weighted by atomic mass is 10.2. The highest BCUT2D eigenvalue weighted by Gasteiger charge is 2.17. The SMILES string of the molecule is CN(C)c1ccc([C@@H]2CCCN2)s1. The van der Waals surface area contributed by atoms with Crippen molar-refractivity contribution in [1.82, 2.24) is 5.32 Å². The Labute approximate surface area is 83.6 Å². The van der Waals surface area contributed by atoms with E-state index in [1.165, 1.54) is 29.3 Å². The third-order valence-electron chi connectivity index (χ3n) is 2.46. The van der Waals surface area contributed by atoms with Crippen LogP contribution in [-0.4, -0.2) is 20.6 Å². The van der Waals surface area contributed by atoms with Crippen molar-refractivity contribution in [2.45, 2.75) is 18.9 Å². The normalized spacial score (nSPS) is 22.2. The first-order valence-corrected chi connectivity index (χ1v) is 5.59. The summed E-state index contributed by atoms with van der Waals surface area (Å²) < 4.78 is 0. The van der Waals surface area contributed by atoms with Crippen molar-refractivity contribution in [3.05, 3.63) is 17.0 Å². The van der Waals surface area contributed by atoms with Crippen LogP contribution in [0.1, 0.15) is 23.8 Å². The first-order valence-electron chi connectivity index (χ1n) is 4.78. The van der Waals surface area contributed by atoms with Crippen LogP contribution in [0.25, 0.3) is 0 Å². The molecule has 1 aromatic heterocycles. The largest absolute Gasteiger partial charge is 0.370 e. The molecule has 0 saturated carbocycles. The van der Waals surface area contributed by atoms with Gasteiger partial charge in [0.1, 0.15) is 0 Å². The zero-order valence-corrected chi connectivity index (χ0v) is 9.03. The topological polar surface area (TPSA) is 15.3 Å². The number of nitrogens with zero attached hydrogens (tertiary/aromatic N) is 1. The fourth-order valence-corrected chi connectivity index (χ4v) is 2.74. The average Bonchev–Trinajstić information content (AvgIpc) is 2.75. The maximum atomic E-state index is 3.52. The summed E-state index contributed by atoms with van der Waals surface area (Å²) in [5.74, 6) is 0. The third-order valence-corrected chi connectivity index (χ3v) is 3.82. The summed E-state index contributed by atoms with van der Waals surface area (Å²) >= 11 is 1.90. The van der Waals surface area contributed by atoms with Crippen LogP contribution >= 0.6 is 11.3 Å². The summed E-state index contributed by atoms with van der Waals surface area (Å²) in [7, 11) is 4.19. The van der Waals surface area contributed by atoms with Gasteiger partial charge in [-0.3, -0.25) is 0 Å². The second-order valence-corrected chi connectivity index (χ2v) is 4.81. The molecule has 0 bridgehead atoms. The van der Waals surface area contributed by atoms with Crippen molar-refractivity contribution in [3.8, 4) is 0 Å². The molecule has 13 heavy (non-hydrogen) atoms. The van der Waals surface area contributed by atoms with Crippen LogP contribution in [0.3, 0.4) is 0 Å². The molecule has 2 heterocycles. The van der Waals surface area contributed by atoms with Crippen molar-refractivity contribution in [2.75, 3.05) is 25.5 Å². The fraction of sp³-hybridized carbons (Fsp3) is 0.600. The summed E-state index contributed by atoms with van der Waals surface area (Å²) in [6.45, 7) is 1.18. The van der Waals surface area contributed by atoms with E-state index in [1.54, 1.807) is 0 Å². The van der Waals surface area contributed by atoms with E-state index in [1.807, 2.05) is 11.3 Å². The van der Waals surface area contributed by atoms with Gasteiger partial charge in [0, 0.05) is 25.0 Å². The molecule has 1 aliphatic heterocycles. The highest BCUT2D eigenvalue weighted by molar-refractivity contribution is 7.16. The minimum atomic E-state index is 0.624. The predicted molar refractivity (Wildman–Crippen MR) is 58.6 cm³/mol. The summed E-state index contributed by atoms with van der Waals surface area (Å²) in [4.78, 5) is 3.66. The number of hydrogen-bond donors (Lipinski definition) is 1. The first-order chi connectivity index (χ1) is 6.27. The minimum Gasteiger partial charge on any atom is -0.370 e. The summed E-state index contributed by atoms with van der Waals surface area (Å²) in [6, 6.07) is 5.09. The second-order valence-electron chi connectivity index (χ2n) is 3.72. The quantitative estimate of drug-likeness (QED) is 0.780. The lowest BCUT2D eigenvalue weighted by Crippen LogP contribution is -2.11. The average molecular weight is 196 g/mol. The molecule has 0 unspecified atom stereocenters. The van der Waals surface area contributed by atoms with Gasteiger partial charge in [-0.25, -0.2) is 0 Å². The molecular weight excluding hydrogens is 180 g/mol. The van der Waals surface area contributed by atoms with Crippen LogP contribution in [0.2, 0.25) is 0 Å². The molecular formula is C10H16N2S. The number of nitrogens with one attached hydrogen (secondary N) is 1. The maximum absolute atomic E-state index is 3.52. The minimum absolute atomic E-state index is 0.624. The zero-order valence-electron chi connectivity index (χ0n) is 8.21. The van der Waals surface area contributed by atoms with Gasteiger partial charge in [-0.05, 0) is 31.5 Å². The Bertz CT molecular complexity index is 274. The van der Waals surface area contributed by atoms with Gasteiger partial charge in [-0.2, -0.15) is 0 Å². The number of anilines is 1. The fourth-order valence-electron chi connectivity index (χ4n) is 1.70. The van der Waals surface area contributed by atoms with E-state index < -0.39 is 0 Å². The Balaban J connectivity index is 2.12. The van der Waals surface area contributed by atoms with Crippen molar-refractivity contribution >= 4 is 16.3 Å². The van der Waals surface area contributed by atoms with Crippen molar-refractivity contribution in [2.24, 2.45) is 0 Å². The molecule has 2 nitrogen and oxygen atoms in total. The molecule has 1 fully saturated rings. The van der Waals surface area contributed by atoms with Crippen LogP contribution in [0.4, 0.5) is 5.00 Å². The van der Waals surface area contributed by atoms with Crippen LogP contribution in [0, 0.1) is 0 Å². The lowest BCUT2D eigenvalue weighted by Gasteiger charge is -2.09. The lowest BCUT2D eigenvalue weighted by molar-refractivity contribution is 0.660. The van der Waals surface area contributed by atoms with Gasteiger partial charge in [0.15, 0.2) is 0 Å². The van der Waals surface area contributed by atoms with Gasteiger partial charge < -0.3 is 10.2 Å². The molecule has 0 spiro atoms. The van der Waals surface area contributed by atoms with Gasteiger partial charge >= 0.3 is 0 Å². The molecule has 1 N–H and O–H groups in total. The van der Waals surface area contributed by atoms with E-state index in [-0.39, 0.29) is 0 Å². The van der Waals surface area contributed by atoms with Crippen molar-refractivity contribution in [3.63, 3.8) is 0 Å². The molecule has 1 saturated heterocycles. The number of rotatable bonds is 2. The van der Waals surface area contributed by atoms with E-state index in [0.29, 0.717) is 6.04 Å². The summed E-state index contributed by atoms with van der Waals surface area (Å²) in [5.41, 5.74) is 0. The maximum Gasteiger partial charge on any atom is 0.0906 e. The van der Waals surface area contributed by atoms with E-state index in [9.17, 15) is 0 Å². The Morgan fingerprint density at radius 2 is 2.31 bits per heavy atom. The molecule has 2 rings (SSSR count). The van der Waals surface area contributed by atoms with Crippen molar-refractivity contribution in [1.29, 1.82) is 0 Å². The van der Waals surface area contributed by atoms with Gasteiger partial charge in [0.05, 0.1) is 5.00 Å². The summed E-state index contributed by atoms with van der Waals surface area (Å²) in [6.07, 6.45) is 2.62. The zero-order chi connectivity index (χ0) is 9.26. The standard InChI is InChI=1S/C10H16N2S/c1-12(2)10-6-5-9(13-10)8-4-3-7-11-8/h5-6,8,11H,3-4,7H2,1-2H3/t8-/m0/s1. The third kappa shape index (κ3) is 1.86. The molecule has 0 aromatic carbocycles. The predicted octanol–water partition coefficient (Wildman–Crippen LogP) is 2.24. The molecule has 0 amide bonds. The molecule has 0 radical (unpaired) electrons. The molecule has 0 aliphatic carbocycles. The Hall–Kier alpha value is -0.540. The van der Waals surface area contributed by atoms with Crippen LogP contribution in [0.5, 0.6) is 0 Å². The van der Waals surface area contributed by atoms with Gasteiger partial charge in [-0.1, -0.05) is 0 Å². The van der Waals surface area contributed by atoms with Crippen LogP contribution in [0.15, 0.2) is 12.1 Å². The van der Waals surface area contributed by atoms with Gasteiger partial charge in [0.25, 0.3) is 0 Å². The first kappa shape index (κ1) is 9.03. The monoisotopic (exact) mass is 196 g/mol. The Kier molecular flexibility index (Phi) is 2.56. The van der Waals surface area contributed by atoms with Crippen molar-refractivity contribution < 1.29 is 0 Å². The van der Waals surface area contributed by atoms with E-state index in [4.69, 9.17) is 0 Å². The highest BCUT2D eigenvalue weighted by Crippen LogP contribution is 2.32. The van der Waals surface area contributed by atoms with Crippen LogP contribution < -0.4 is 10.2 Å². The molecule has 1 aliphatic rings. The van der Waals surface area contributed by atoms with Gasteiger partial charge in [-0.15, -0.1) is 11.3 Å². The summed E-state index contributed by atoms with van der Waals surface area (Å²) in [5, 5.41) is 4.87. The smallest absolute Gasteiger partial charge is 0.0906 e. The number of hydrogen-bond acceptors (Lipinski definition) is 3. The Morgan fingerprint density at radius 1 is 1.46 bits per heavy atom.